The molecule has 1 aliphatic carbocycles. The second kappa shape index (κ2) is 6.02. The summed E-state index contributed by atoms with van der Waals surface area (Å²) in [6.07, 6.45) is 0.399. The van der Waals surface area contributed by atoms with E-state index in [1.54, 1.807) is 0 Å². The molecule has 0 aliphatic heterocycles. The second-order valence-electron chi connectivity index (χ2n) is 5.39. The smallest absolute Gasteiger partial charge is 0.306 e. The third-order valence-electron chi connectivity index (χ3n) is 3.82. The van der Waals surface area contributed by atoms with E-state index in [1.165, 1.54) is 22.3 Å². The van der Waals surface area contributed by atoms with Crippen molar-refractivity contribution < 1.29 is 9.53 Å². The predicted molar refractivity (Wildman–Crippen MR) is 87.7 cm³/mol. The molecule has 1 atom stereocenters. The predicted octanol–water partition coefficient (Wildman–Crippen LogP) is 4.52. The molecule has 0 saturated carbocycles. The van der Waals surface area contributed by atoms with Gasteiger partial charge in [-0.15, -0.1) is 0 Å². The Morgan fingerprint density at radius 2 is 1.62 bits per heavy atom. The molecule has 0 bridgehead atoms. The van der Waals surface area contributed by atoms with Crippen LogP contribution < -0.4 is 0 Å². The van der Waals surface area contributed by atoms with Crippen LogP contribution in [-0.2, 0) is 9.53 Å². The molecule has 21 heavy (non-hydrogen) atoms. The topological polar surface area (TPSA) is 26.3 Å². The molecule has 1 unspecified atom stereocenters. The van der Waals surface area contributed by atoms with Crippen LogP contribution in [0, 0.1) is 0 Å². The van der Waals surface area contributed by atoms with E-state index in [0.29, 0.717) is 13.0 Å². The van der Waals surface area contributed by atoms with E-state index in [0.717, 1.165) is 0 Å². The summed E-state index contributed by atoms with van der Waals surface area (Å²) in [4.78, 5) is 11.9. The highest BCUT2D eigenvalue weighted by Crippen LogP contribution is 2.44. The fraction of sp³-hybridized carbons (Fsp3) is 0.278. The minimum absolute atomic E-state index is 0.145. The number of esters is 1. The molecule has 1 aliphatic rings. The van der Waals surface area contributed by atoms with Gasteiger partial charge in [0.2, 0.25) is 0 Å². The number of ether oxygens (including phenoxy) is 1. The van der Waals surface area contributed by atoms with Crippen LogP contribution in [0.1, 0.15) is 30.4 Å². The zero-order valence-corrected chi connectivity index (χ0v) is 13.5. The van der Waals surface area contributed by atoms with Crippen molar-refractivity contribution in [1.29, 1.82) is 0 Å². The lowest BCUT2D eigenvalue weighted by Crippen LogP contribution is -2.14. The van der Waals surface area contributed by atoms with Gasteiger partial charge in [0.25, 0.3) is 0 Å². The Morgan fingerprint density at radius 3 is 2.14 bits per heavy atom. The van der Waals surface area contributed by atoms with Crippen molar-refractivity contribution in [2.24, 2.45) is 0 Å². The molecule has 2 aromatic rings. The molecule has 2 nitrogen and oxygen atoms in total. The summed E-state index contributed by atoms with van der Waals surface area (Å²) < 4.78 is 5.48. The number of rotatable bonds is 4. The van der Waals surface area contributed by atoms with Crippen LogP contribution in [0.2, 0.25) is 0 Å². The molecule has 0 radical (unpaired) electrons. The van der Waals surface area contributed by atoms with Crippen LogP contribution in [0.5, 0.6) is 0 Å². The lowest BCUT2D eigenvalue weighted by Gasteiger charge is -2.14. The van der Waals surface area contributed by atoms with E-state index in [2.05, 4.69) is 52.3 Å². The van der Waals surface area contributed by atoms with Gasteiger partial charge in [-0.1, -0.05) is 71.4 Å². The zero-order valence-electron chi connectivity index (χ0n) is 11.9. The van der Waals surface area contributed by atoms with Crippen LogP contribution in [0.3, 0.4) is 0 Å². The number of hydrogen-bond donors (Lipinski definition) is 0. The third-order valence-corrected chi connectivity index (χ3v) is 4.15. The SMILES string of the molecule is CC(Br)CC(=O)OCC1c2ccccc2-c2ccccc21. The number of carbonyl (C=O) groups excluding carboxylic acids is 1. The summed E-state index contributed by atoms with van der Waals surface area (Å²) in [7, 11) is 0. The first kappa shape index (κ1) is 14.3. The average Bonchev–Trinajstić information content (AvgIpc) is 2.79. The van der Waals surface area contributed by atoms with Crippen LogP contribution >= 0.6 is 15.9 Å². The van der Waals surface area contributed by atoms with Gasteiger partial charge in [-0.3, -0.25) is 4.79 Å². The molecule has 0 amide bonds. The number of halogens is 1. The maximum absolute atomic E-state index is 11.8. The Morgan fingerprint density at radius 1 is 1.10 bits per heavy atom. The molecule has 108 valence electrons. The first-order valence-corrected chi connectivity index (χ1v) is 8.06. The van der Waals surface area contributed by atoms with Gasteiger partial charge in [-0.05, 0) is 22.3 Å². The Labute approximate surface area is 133 Å². The van der Waals surface area contributed by atoms with Gasteiger partial charge in [0.1, 0.15) is 6.61 Å². The molecule has 3 heteroatoms. The zero-order chi connectivity index (χ0) is 14.8. The van der Waals surface area contributed by atoms with Crippen LogP contribution in [0.25, 0.3) is 11.1 Å². The minimum atomic E-state index is -0.152. The second-order valence-corrected chi connectivity index (χ2v) is 6.96. The largest absolute Gasteiger partial charge is 0.465 e. The normalized spacial score (nSPS) is 14.4. The highest BCUT2D eigenvalue weighted by atomic mass is 79.9. The molecule has 0 saturated heterocycles. The maximum atomic E-state index is 11.8. The average molecular weight is 345 g/mol. The van der Waals surface area contributed by atoms with Crippen molar-refractivity contribution >= 4 is 21.9 Å². The Kier molecular flexibility index (Phi) is 4.11. The standard InChI is InChI=1S/C18H17BrO2/c1-12(19)10-18(20)21-11-17-15-8-4-2-6-13(15)14-7-3-5-9-16(14)17/h2-9,12,17H,10-11H2,1H3. The molecular formula is C18H17BrO2. The molecule has 0 aromatic heterocycles. The van der Waals surface area contributed by atoms with Gasteiger partial charge >= 0.3 is 5.97 Å². The summed E-state index contributed by atoms with van der Waals surface area (Å²) in [6, 6.07) is 16.7. The number of carbonyl (C=O) groups is 1. The highest BCUT2D eigenvalue weighted by molar-refractivity contribution is 9.09. The highest BCUT2D eigenvalue weighted by Gasteiger charge is 2.28. The molecule has 0 spiro atoms. The summed E-state index contributed by atoms with van der Waals surface area (Å²) in [6.45, 7) is 2.36. The Balaban J connectivity index is 1.84. The molecular weight excluding hydrogens is 328 g/mol. The van der Waals surface area contributed by atoms with Crippen molar-refractivity contribution in [3.63, 3.8) is 0 Å². The molecule has 0 N–H and O–H groups in total. The summed E-state index contributed by atoms with van der Waals surface area (Å²) in [5, 5.41) is 0. The van der Waals surface area contributed by atoms with Crippen LogP contribution in [-0.4, -0.2) is 17.4 Å². The number of hydrogen-bond acceptors (Lipinski definition) is 2. The van der Waals surface area contributed by atoms with Crippen molar-refractivity contribution in [2.75, 3.05) is 6.61 Å². The van der Waals surface area contributed by atoms with Crippen LogP contribution in [0.4, 0.5) is 0 Å². The van der Waals surface area contributed by atoms with Crippen LogP contribution in [0.15, 0.2) is 48.5 Å². The van der Waals surface area contributed by atoms with Crippen molar-refractivity contribution in [3.05, 3.63) is 59.7 Å². The van der Waals surface area contributed by atoms with E-state index in [9.17, 15) is 4.79 Å². The monoisotopic (exact) mass is 344 g/mol. The number of alkyl halides is 1. The van der Waals surface area contributed by atoms with Crippen molar-refractivity contribution in [2.45, 2.75) is 24.1 Å². The molecule has 3 rings (SSSR count). The Bertz CT molecular complexity index is 618. The molecule has 0 fully saturated rings. The van der Waals surface area contributed by atoms with Gasteiger partial charge in [-0.2, -0.15) is 0 Å². The van der Waals surface area contributed by atoms with Gasteiger partial charge in [-0.25, -0.2) is 0 Å². The lowest BCUT2D eigenvalue weighted by molar-refractivity contribution is -0.143. The fourth-order valence-corrected chi connectivity index (χ4v) is 3.17. The third kappa shape index (κ3) is 2.88. The van der Waals surface area contributed by atoms with E-state index in [-0.39, 0.29) is 16.7 Å². The first-order valence-electron chi connectivity index (χ1n) is 7.14. The van der Waals surface area contributed by atoms with Crippen molar-refractivity contribution in [3.8, 4) is 11.1 Å². The van der Waals surface area contributed by atoms with E-state index in [1.807, 2.05) is 19.1 Å². The number of benzene rings is 2. The van der Waals surface area contributed by atoms with Gasteiger partial charge in [0.05, 0.1) is 6.42 Å². The van der Waals surface area contributed by atoms with E-state index in [4.69, 9.17) is 4.74 Å². The summed E-state index contributed by atoms with van der Waals surface area (Å²) in [5.74, 6) is -0.00628. The van der Waals surface area contributed by atoms with Gasteiger partial charge < -0.3 is 4.74 Å². The quantitative estimate of drug-likeness (QED) is 0.602. The Hall–Kier alpha value is -1.61. The van der Waals surface area contributed by atoms with Gasteiger partial charge in [0, 0.05) is 10.7 Å². The van der Waals surface area contributed by atoms with E-state index < -0.39 is 0 Å². The summed E-state index contributed by atoms with van der Waals surface area (Å²) >= 11 is 3.38. The van der Waals surface area contributed by atoms with Gasteiger partial charge in [0.15, 0.2) is 0 Å². The van der Waals surface area contributed by atoms with Crippen molar-refractivity contribution in [1.82, 2.24) is 0 Å². The molecule has 2 aromatic carbocycles. The maximum Gasteiger partial charge on any atom is 0.306 e. The fourth-order valence-electron chi connectivity index (χ4n) is 2.90. The minimum Gasteiger partial charge on any atom is -0.465 e. The number of fused-ring (bicyclic) bond motifs is 3. The lowest BCUT2D eigenvalue weighted by atomic mass is 9.98. The van der Waals surface area contributed by atoms with E-state index >= 15 is 0 Å². The first-order chi connectivity index (χ1) is 10.2. The molecule has 0 heterocycles. The summed E-state index contributed by atoms with van der Waals surface area (Å²) in [5.41, 5.74) is 5.00.